The molecule has 74 valence electrons. The van der Waals surface area contributed by atoms with Crippen LogP contribution < -0.4 is 11.1 Å². The summed E-state index contributed by atoms with van der Waals surface area (Å²) in [6.45, 7) is 0. The standard InChI is InChI=1S/C8H8N2O4/c1-14-8(13)5-6(9)4(2-3-11)10-7(5)12/h2-3H,9H2,1H3,(H,10,12)/b4-2-. The van der Waals surface area contributed by atoms with Crippen LogP contribution in [0.3, 0.4) is 0 Å². The molecule has 0 aromatic heterocycles. The first-order chi connectivity index (χ1) is 6.61. The zero-order chi connectivity index (χ0) is 10.7. The van der Waals surface area contributed by atoms with Gasteiger partial charge in [0.05, 0.1) is 18.5 Å². The van der Waals surface area contributed by atoms with Gasteiger partial charge in [-0.15, -0.1) is 0 Å². The van der Waals surface area contributed by atoms with Crippen molar-refractivity contribution in [2.24, 2.45) is 5.73 Å². The van der Waals surface area contributed by atoms with Crippen molar-refractivity contribution >= 4 is 18.2 Å². The van der Waals surface area contributed by atoms with Gasteiger partial charge in [0.15, 0.2) is 0 Å². The molecule has 6 heteroatoms. The predicted molar refractivity (Wildman–Crippen MR) is 45.5 cm³/mol. The van der Waals surface area contributed by atoms with E-state index in [-0.39, 0.29) is 17.0 Å². The van der Waals surface area contributed by atoms with E-state index in [2.05, 4.69) is 10.1 Å². The molecule has 0 saturated carbocycles. The van der Waals surface area contributed by atoms with Crippen LogP contribution in [0.1, 0.15) is 0 Å². The average Bonchev–Trinajstić information content (AvgIpc) is 2.42. The smallest absolute Gasteiger partial charge is 0.345 e. The molecule has 0 aliphatic carbocycles. The SMILES string of the molecule is COC(=O)C1=C(N)/C(=C/C=O)NC1=O. The van der Waals surface area contributed by atoms with Gasteiger partial charge >= 0.3 is 5.97 Å². The van der Waals surface area contributed by atoms with E-state index in [0.29, 0.717) is 6.29 Å². The van der Waals surface area contributed by atoms with Gasteiger partial charge in [0.25, 0.3) is 5.91 Å². The summed E-state index contributed by atoms with van der Waals surface area (Å²) in [5, 5.41) is 2.26. The monoisotopic (exact) mass is 196 g/mol. The molecule has 1 heterocycles. The van der Waals surface area contributed by atoms with Gasteiger partial charge in [-0.1, -0.05) is 0 Å². The lowest BCUT2D eigenvalue weighted by atomic mass is 10.2. The van der Waals surface area contributed by atoms with Gasteiger partial charge in [-0.3, -0.25) is 9.59 Å². The van der Waals surface area contributed by atoms with E-state index in [1.54, 1.807) is 0 Å². The number of nitrogens with one attached hydrogen (secondary N) is 1. The number of hydrogen-bond acceptors (Lipinski definition) is 5. The third-order valence-corrected chi connectivity index (χ3v) is 1.66. The Balaban J connectivity index is 3.14. The molecule has 0 atom stereocenters. The van der Waals surface area contributed by atoms with E-state index >= 15 is 0 Å². The number of rotatable bonds is 2. The molecular formula is C8H8N2O4. The Hall–Kier alpha value is -2.11. The molecule has 14 heavy (non-hydrogen) atoms. The first-order valence-corrected chi connectivity index (χ1v) is 3.67. The zero-order valence-corrected chi connectivity index (χ0v) is 7.37. The number of aldehydes is 1. The van der Waals surface area contributed by atoms with Crippen LogP contribution in [0.2, 0.25) is 0 Å². The lowest BCUT2D eigenvalue weighted by Crippen LogP contribution is -2.21. The van der Waals surface area contributed by atoms with Crippen molar-refractivity contribution in [2.75, 3.05) is 7.11 Å². The first-order valence-electron chi connectivity index (χ1n) is 3.67. The highest BCUT2D eigenvalue weighted by molar-refractivity contribution is 6.20. The van der Waals surface area contributed by atoms with Gasteiger partial charge in [-0.25, -0.2) is 4.79 Å². The van der Waals surface area contributed by atoms with E-state index in [1.165, 1.54) is 0 Å². The second-order valence-corrected chi connectivity index (χ2v) is 2.45. The minimum atomic E-state index is -0.825. The summed E-state index contributed by atoms with van der Waals surface area (Å²) in [5.41, 5.74) is 5.21. The number of nitrogens with two attached hydrogens (primary N) is 1. The molecule has 1 aliphatic rings. The van der Waals surface area contributed by atoms with Crippen LogP contribution in [0.5, 0.6) is 0 Å². The van der Waals surface area contributed by atoms with Crippen LogP contribution in [0.4, 0.5) is 0 Å². The van der Waals surface area contributed by atoms with Crippen LogP contribution in [-0.4, -0.2) is 25.3 Å². The Bertz CT molecular complexity index is 368. The molecule has 6 nitrogen and oxygen atoms in total. The van der Waals surface area contributed by atoms with Crippen molar-refractivity contribution in [3.8, 4) is 0 Å². The van der Waals surface area contributed by atoms with Crippen molar-refractivity contribution in [3.63, 3.8) is 0 Å². The normalized spacial score (nSPS) is 18.4. The predicted octanol–water partition coefficient (Wildman–Crippen LogP) is -1.42. The van der Waals surface area contributed by atoms with Gasteiger partial charge in [0, 0.05) is 6.08 Å². The van der Waals surface area contributed by atoms with Crippen LogP contribution in [0.15, 0.2) is 23.0 Å². The molecule has 0 aromatic carbocycles. The maximum Gasteiger partial charge on any atom is 0.345 e. The van der Waals surface area contributed by atoms with E-state index in [0.717, 1.165) is 13.2 Å². The fourth-order valence-electron chi connectivity index (χ4n) is 1.01. The maximum absolute atomic E-state index is 11.2. The van der Waals surface area contributed by atoms with E-state index in [1.807, 2.05) is 0 Å². The Labute approximate surface area is 79.4 Å². The highest BCUT2D eigenvalue weighted by Gasteiger charge is 2.31. The van der Waals surface area contributed by atoms with Gasteiger partial charge in [0.1, 0.15) is 11.9 Å². The minimum Gasteiger partial charge on any atom is -0.465 e. The summed E-state index contributed by atoms with van der Waals surface area (Å²) in [4.78, 5) is 32.3. The molecule has 0 saturated heterocycles. The topological polar surface area (TPSA) is 98.5 Å². The van der Waals surface area contributed by atoms with Crippen molar-refractivity contribution in [3.05, 3.63) is 23.0 Å². The van der Waals surface area contributed by atoms with Crippen LogP contribution in [0.25, 0.3) is 0 Å². The summed E-state index contributed by atoms with van der Waals surface area (Å²) in [5.74, 6) is -1.49. The first kappa shape index (κ1) is 9.97. The number of amides is 1. The Morgan fingerprint density at radius 1 is 1.57 bits per heavy atom. The number of allylic oxidation sites excluding steroid dienone is 1. The fraction of sp³-hybridized carbons (Fsp3) is 0.125. The highest BCUT2D eigenvalue weighted by Crippen LogP contribution is 2.16. The summed E-state index contributed by atoms with van der Waals surface area (Å²) in [6.07, 6.45) is 1.52. The van der Waals surface area contributed by atoms with Crippen LogP contribution >= 0.6 is 0 Å². The minimum absolute atomic E-state index is 0.0750. The Morgan fingerprint density at radius 3 is 2.71 bits per heavy atom. The largest absolute Gasteiger partial charge is 0.465 e. The fourth-order valence-corrected chi connectivity index (χ4v) is 1.01. The van der Waals surface area contributed by atoms with Crippen LogP contribution in [0, 0.1) is 0 Å². The highest BCUT2D eigenvalue weighted by atomic mass is 16.5. The molecule has 0 unspecified atom stereocenters. The zero-order valence-electron chi connectivity index (χ0n) is 7.37. The number of hydrogen-bond donors (Lipinski definition) is 2. The maximum atomic E-state index is 11.2. The summed E-state index contributed by atoms with van der Waals surface area (Å²) in [7, 11) is 1.14. The van der Waals surface area contributed by atoms with Crippen molar-refractivity contribution in [1.82, 2.24) is 5.32 Å². The second kappa shape index (κ2) is 3.73. The molecule has 0 bridgehead atoms. The molecule has 0 fully saturated rings. The molecule has 1 aliphatic heterocycles. The summed E-state index contributed by atoms with van der Waals surface area (Å²) < 4.78 is 4.35. The number of carbonyl (C=O) groups excluding carboxylic acids is 3. The molecule has 1 rings (SSSR count). The Morgan fingerprint density at radius 2 is 2.21 bits per heavy atom. The van der Waals surface area contributed by atoms with Gasteiger partial charge < -0.3 is 15.8 Å². The number of ether oxygens (including phenoxy) is 1. The third kappa shape index (κ3) is 1.49. The number of esters is 1. The molecule has 0 aromatic rings. The lowest BCUT2D eigenvalue weighted by molar-refractivity contribution is -0.137. The van der Waals surface area contributed by atoms with Crippen molar-refractivity contribution in [1.29, 1.82) is 0 Å². The molecular weight excluding hydrogens is 188 g/mol. The van der Waals surface area contributed by atoms with Crippen molar-refractivity contribution < 1.29 is 19.1 Å². The molecule has 0 spiro atoms. The average molecular weight is 196 g/mol. The van der Waals surface area contributed by atoms with E-state index in [4.69, 9.17) is 5.73 Å². The molecule has 3 N–H and O–H groups in total. The van der Waals surface area contributed by atoms with Gasteiger partial charge in [-0.05, 0) is 0 Å². The van der Waals surface area contributed by atoms with Gasteiger partial charge in [0.2, 0.25) is 0 Å². The molecule has 1 amide bonds. The second-order valence-electron chi connectivity index (χ2n) is 2.45. The van der Waals surface area contributed by atoms with E-state index in [9.17, 15) is 14.4 Å². The third-order valence-electron chi connectivity index (χ3n) is 1.66. The number of methoxy groups -OCH3 is 1. The van der Waals surface area contributed by atoms with Gasteiger partial charge in [-0.2, -0.15) is 0 Å². The summed E-state index contributed by atoms with van der Waals surface area (Å²) >= 11 is 0. The van der Waals surface area contributed by atoms with Crippen molar-refractivity contribution in [2.45, 2.75) is 0 Å². The van der Waals surface area contributed by atoms with Crippen LogP contribution in [-0.2, 0) is 19.1 Å². The van der Waals surface area contributed by atoms with E-state index < -0.39 is 11.9 Å². The summed E-state index contributed by atoms with van der Waals surface area (Å²) in [6, 6.07) is 0. The quantitative estimate of drug-likeness (QED) is 0.244. The lowest BCUT2D eigenvalue weighted by Gasteiger charge is -1.96. The number of carbonyl (C=O) groups is 3. The Kier molecular flexibility index (Phi) is 2.66. The molecule has 0 radical (unpaired) electrons.